The largest absolute Gasteiger partial charge is 0.342 e. The van der Waals surface area contributed by atoms with Crippen molar-refractivity contribution >= 4 is 62.5 Å². The van der Waals surface area contributed by atoms with Gasteiger partial charge in [-0.3, -0.25) is 4.79 Å². The Morgan fingerprint density at radius 1 is 0.914 bits per heavy atom. The van der Waals surface area contributed by atoms with Crippen molar-refractivity contribution in [3.63, 3.8) is 0 Å². The topological polar surface area (TPSA) is 57.8 Å². The zero-order chi connectivity index (χ0) is 24.4. The normalized spacial score (nSPS) is 11.5. The Balaban J connectivity index is 1.52. The van der Waals surface area contributed by atoms with E-state index >= 15 is 0 Å². The van der Waals surface area contributed by atoms with E-state index in [2.05, 4.69) is 40.2 Å². The molecule has 5 rings (SSSR count). The lowest BCUT2D eigenvalue weighted by Gasteiger charge is -2.09. The summed E-state index contributed by atoms with van der Waals surface area (Å²) >= 11 is 12.2. The minimum Gasteiger partial charge on any atom is -0.342 e. The molecule has 0 aliphatic carbocycles. The van der Waals surface area contributed by atoms with E-state index in [1.807, 2.05) is 48.7 Å². The first-order valence-electron chi connectivity index (χ1n) is 11.0. The number of fused-ring (bicyclic) bond motifs is 2. The molecule has 0 atom stereocenters. The third kappa shape index (κ3) is 4.52. The van der Waals surface area contributed by atoms with Crippen LogP contribution in [0.1, 0.15) is 11.1 Å². The predicted octanol–water partition coefficient (Wildman–Crippen LogP) is 7.70. The highest BCUT2D eigenvalue weighted by Gasteiger charge is 2.15. The van der Waals surface area contributed by atoms with Crippen molar-refractivity contribution in [3.8, 4) is 6.07 Å². The Morgan fingerprint density at radius 2 is 1.63 bits per heavy atom. The monoisotopic (exact) mass is 495 g/mol. The Labute approximate surface area is 212 Å². The molecule has 0 saturated heterocycles. The van der Waals surface area contributed by atoms with Gasteiger partial charge in [0, 0.05) is 29.2 Å². The molecule has 0 fully saturated rings. The number of hydrogen-bond acceptors (Lipinski definition) is 2. The van der Waals surface area contributed by atoms with E-state index < -0.39 is 5.91 Å². The average Bonchev–Trinajstić information content (AvgIpc) is 3.22. The summed E-state index contributed by atoms with van der Waals surface area (Å²) in [5.74, 6) is -0.553. The molecule has 0 aliphatic rings. The van der Waals surface area contributed by atoms with Crippen LogP contribution in [0.4, 0.5) is 5.69 Å². The molecule has 170 valence electrons. The number of carbonyl (C=O) groups excluding carboxylic acids is 1. The molecule has 4 nitrogen and oxygen atoms in total. The smallest absolute Gasteiger partial charge is 0.266 e. The van der Waals surface area contributed by atoms with Crippen molar-refractivity contribution in [2.24, 2.45) is 0 Å². The third-order valence-corrected chi connectivity index (χ3v) is 6.72. The number of nitrogens with zero attached hydrogens (tertiary/aromatic N) is 2. The number of aromatic nitrogens is 1. The average molecular weight is 496 g/mol. The summed E-state index contributed by atoms with van der Waals surface area (Å²) in [6, 6.07) is 29.5. The van der Waals surface area contributed by atoms with Gasteiger partial charge in [0.05, 0.1) is 15.7 Å². The van der Waals surface area contributed by atoms with E-state index in [4.69, 9.17) is 23.2 Å². The summed E-state index contributed by atoms with van der Waals surface area (Å²) in [4.78, 5) is 12.9. The molecule has 0 radical (unpaired) electrons. The number of rotatable bonds is 5. The van der Waals surface area contributed by atoms with Crippen LogP contribution < -0.4 is 5.32 Å². The van der Waals surface area contributed by atoms with Crippen molar-refractivity contribution in [1.29, 1.82) is 5.26 Å². The number of amides is 1. The zero-order valence-corrected chi connectivity index (χ0v) is 20.0. The fraction of sp³-hybridized carbons (Fsp3) is 0.0345. The molecule has 0 spiro atoms. The van der Waals surface area contributed by atoms with E-state index in [0.29, 0.717) is 17.3 Å². The molecule has 1 heterocycles. The van der Waals surface area contributed by atoms with Crippen LogP contribution in [0.15, 0.2) is 96.7 Å². The first kappa shape index (κ1) is 22.7. The van der Waals surface area contributed by atoms with Gasteiger partial charge in [0.2, 0.25) is 0 Å². The van der Waals surface area contributed by atoms with Crippen molar-refractivity contribution in [3.05, 3.63) is 118 Å². The minimum atomic E-state index is -0.553. The van der Waals surface area contributed by atoms with Gasteiger partial charge in [-0.1, -0.05) is 89.9 Å². The number of nitriles is 1. The van der Waals surface area contributed by atoms with Crippen molar-refractivity contribution in [2.45, 2.75) is 6.54 Å². The van der Waals surface area contributed by atoms with E-state index in [-0.39, 0.29) is 10.6 Å². The van der Waals surface area contributed by atoms with Gasteiger partial charge in [0.1, 0.15) is 11.6 Å². The summed E-state index contributed by atoms with van der Waals surface area (Å²) < 4.78 is 2.14. The second kappa shape index (κ2) is 9.68. The van der Waals surface area contributed by atoms with Crippen LogP contribution in [-0.2, 0) is 11.3 Å². The highest BCUT2D eigenvalue weighted by atomic mass is 35.5. The molecule has 0 bridgehead atoms. The van der Waals surface area contributed by atoms with Gasteiger partial charge in [-0.05, 0) is 40.6 Å². The van der Waals surface area contributed by atoms with Crippen LogP contribution in [0, 0.1) is 11.3 Å². The summed E-state index contributed by atoms with van der Waals surface area (Å²) in [5.41, 5.74) is 3.30. The molecule has 4 aromatic carbocycles. The van der Waals surface area contributed by atoms with Gasteiger partial charge in [-0.2, -0.15) is 5.26 Å². The lowest BCUT2D eigenvalue weighted by Crippen LogP contribution is -2.13. The molecule has 6 heteroatoms. The number of para-hydroxylation sites is 1. The van der Waals surface area contributed by atoms with Crippen molar-refractivity contribution in [2.75, 3.05) is 5.32 Å². The molecule has 0 saturated carbocycles. The Bertz CT molecular complexity index is 1650. The molecular weight excluding hydrogens is 477 g/mol. The molecule has 5 aromatic rings. The van der Waals surface area contributed by atoms with E-state index in [1.54, 1.807) is 24.3 Å². The third-order valence-electron chi connectivity index (χ3n) is 5.90. The first-order valence-corrected chi connectivity index (χ1v) is 11.7. The van der Waals surface area contributed by atoms with Crippen LogP contribution >= 0.6 is 23.2 Å². The summed E-state index contributed by atoms with van der Waals surface area (Å²) in [5, 5.41) is 16.3. The van der Waals surface area contributed by atoms with E-state index in [1.165, 1.54) is 16.3 Å². The second-order valence-corrected chi connectivity index (χ2v) is 8.88. The Hall–Kier alpha value is -4.04. The van der Waals surface area contributed by atoms with Gasteiger partial charge in [-0.15, -0.1) is 0 Å². The zero-order valence-electron chi connectivity index (χ0n) is 18.5. The number of halogens is 2. The Kier molecular flexibility index (Phi) is 6.29. The Morgan fingerprint density at radius 3 is 2.46 bits per heavy atom. The van der Waals surface area contributed by atoms with Crippen LogP contribution in [0.25, 0.3) is 27.8 Å². The number of carbonyl (C=O) groups is 1. The molecule has 1 N–H and O–H groups in total. The van der Waals surface area contributed by atoms with Crippen molar-refractivity contribution in [1.82, 2.24) is 4.57 Å². The highest BCUT2D eigenvalue weighted by Crippen LogP contribution is 2.30. The number of hydrogen-bond donors (Lipinski definition) is 1. The standard InChI is InChI=1S/C29H19Cl2N3O/c30-25-12-6-13-26(28(25)31)33-29(35)21(16-32)15-22-18-34(27-14-4-3-11-24(22)27)17-20-9-5-8-19-7-1-2-10-23(19)20/h1-15,18H,17H2,(H,33,35). The van der Waals surface area contributed by atoms with Crippen LogP contribution in [0.3, 0.4) is 0 Å². The fourth-order valence-electron chi connectivity index (χ4n) is 4.23. The van der Waals surface area contributed by atoms with Crippen LogP contribution in [0.2, 0.25) is 10.0 Å². The molecule has 1 aromatic heterocycles. The second-order valence-electron chi connectivity index (χ2n) is 8.09. The SMILES string of the molecule is N#CC(=Cc1cn(Cc2cccc3ccccc23)c2ccccc12)C(=O)Nc1cccc(Cl)c1Cl. The van der Waals surface area contributed by atoms with E-state index in [9.17, 15) is 10.1 Å². The quantitative estimate of drug-likeness (QED) is 0.200. The molecule has 1 amide bonds. The van der Waals surface area contributed by atoms with Gasteiger partial charge in [0.25, 0.3) is 5.91 Å². The van der Waals surface area contributed by atoms with Gasteiger partial charge >= 0.3 is 0 Å². The van der Waals surface area contributed by atoms with Gasteiger partial charge in [0.15, 0.2) is 0 Å². The number of anilines is 1. The van der Waals surface area contributed by atoms with Gasteiger partial charge in [-0.25, -0.2) is 0 Å². The summed E-state index contributed by atoms with van der Waals surface area (Å²) in [7, 11) is 0. The molecule has 0 aliphatic heterocycles. The predicted molar refractivity (Wildman–Crippen MR) is 144 cm³/mol. The highest BCUT2D eigenvalue weighted by molar-refractivity contribution is 6.44. The van der Waals surface area contributed by atoms with E-state index in [0.717, 1.165) is 16.5 Å². The lowest BCUT2D eigenvalue weighted by atomic mass is 10.0. The summed E-state index contributed by atoms with van der Waals surface area (Å²) in [6.45, 7) is 0.655. The fourth-order valence-corrected chi connectivity index (χ4v) is 4.58. The molecule has 0 unspecified atom stereocenters. The molecule has 35 heavy (non-hydrogen) atoms. The first-order chi connectivity index (χ1) is 17.0. The van der Waals surface area contributed by atoms with Crippen molar-refractivity contribution < 1.29 is 4.79 Å². The summed E-state index contributed by atoms with van der Waals surface area (Å²) in [6.07, 6.45) is 3.58. The maximum atomic E-state index is 12.9. The van der Waals surface area contributed by atoms with Crippen LogP contribution in [-0.4, -0.2) is 10.5 Å². The maximum absolute atomic E-state index is 12.9. The molecular formula is C29H19Cl2N3O. The minimum absolute atomic E-state index is 0.0332. The lowest BCUT2D eigenvalue weighted by molar-refractivity contribution is -0.112. The van der Waals surface area contributed by atoms with Gasteiger partial charge < -0.3 is 9.88 Å². The maximum Gasteiger partial charge on any atom is 0.266 e. The van der Waals surface area contributed by atoms with Crippen LogP contribution in [0.5, 0.6) is 0 Å². The number of benzene rings is 4. The number of nitrogens with one attached hydrogen (secondary N) is 1.